The monoisotopic (exact) mass is 438 g/mol. The van der Waals surface area contributed by atoms with E-state index in [0.29, 0.717) is 32.6 Å². The van der Waals surface area contributed by atoms with Crippen LogP contribution in [-0.4, -0.2) is 18.9 Å². The predicted octanol–water partition coefficient (Wildman–Crippen LogP) is 5.42. The van der Waals surface area contributed by atoms with Crippen molar-refractivity contribution >= 4 is 51.7 Å². The van der Waals surface area contributed by atoms with Crippen LogP contribution in [0, 0.1) is 13.8 Å². The minimum Gasteiger partial charge on any atom is -0.495 e. The summed E-state index contributed by atoms with van der Waals surface area (Å²) in [7, 11) is 1.56. The zero-order chi connectivity index (χ0) is 21.4. The number of aryl methyl sites for hydroxylation is 2. The van der Waals surface area contributed by atoms with Crippen LogP contribution in [0.2, 0.25) is 5.02 Å². The first-order valence-corrected chi connectivity index (χ1v) is 10.5. The Labute approximate surface area is 183 Å². The van der Waals surface area contributed by atoms with Crippen molar-refractivity contribution in [3.63, 3.8) is 0 Å². The Morgan fingerprint density at radius 3 is 2.53 bits per heavy atom. The van der Waals surface area contributed by atoms with Gasteiger partial charge in [-0.3, -0.25) is 9.59 Å². The average molecular weight is 439 g/mol. The number of carbonyl (C=O) groups excluding carboxylic acids is 2. The van der Waals surface area contributed by atoms with Gasteiger partial charge in [-0.1, -0.05) is 29.8 Å². The molecule has 0 fully saturated rings. The summed E-state index contributed by atoms with van der Waals surface area (Å²) in [5.41, 5.74) is 3.41. The lowest BCUT2D eigenvalue weighted by atomic mass is 10.1. The Bertz CT molecular complexity index is 1190. The fourth-order valence-electron chi connectivity index (χ4n) is 3.39. The van der Waals surface area contributed by atoms with E-state index in [9.17, 15) is 9.59 Å². The lowest BCUT2D eigenvalue weighted by Crippen LogP contribution is -2.33. The normalized spacial score (nSPS) is 13.9. The smallest absolute Gasteiger partial charge is 0.282 e. The summed E-state index contributed by atoms with van der Waals surface area (Å²) in [6, 6.07) is 14.5. The number of nitrogens with zero attached hydrogens (tertiary/aromatic N) is 1. The summed E-state index contributed by atoms with van der Waals surface area (Å²) >= 11 is 7.56. The third-order valence-corrected chi connectivity index (χ3v) is 6.00. The average Bonchev–Trinajstić information content (AvgIpc) is 3.31. The first kappa shape index (κ1) is 20.2. The zero-order valence-electron chi connectivity index (χ0n) is 16.7. The largest absolute Gasteiger partial charge is 0.495 e. The molecule has 152 valence electrons. The number of methoxy groups -OCH3 is 1. The Morgan fingerprint density at radius 1 is 1.03 bits per heavy atom. The molecule has 0 unspecified atom stereocenters. The van der Waals surface area contributed by atoms with E-state index < -0.39 is 5.91 Å². The molecule has 1 aliphatic rings. The SMILES string of the molecule is COc1ccc(C)cc1NC1=C(c2cccs2)C(=O)N(c2cc(Cl)ccc2C)C1=O. The summed E-state index contributed by atoms with van der Waals surface area (Å²) in [5.74, 6) is -0.240. The molecule has 0 aliphatic carbocycles. The number of carbonyl (C=O) groups is 2. The van der Waals surface area contributed by atoms with E-state index in [2.05, 4.69) is 5.32 Å². The van der Waals surface area contributed by atoms with E-state index in [0.717, 1.165) is 11.1 Å². The lowest BCUT2D eigenvalue weighted by Gasteiger charge is -2.18. The van der Waals surface area contributed by atoms with Gasteiger partial charge in [0.15, 0.2) is 0 Å². The van der Waals surface area contributed by atoms with Crippen LogP contribution < -0.4 is 15.0 Å². The van der Waals surface area contributed by atoms with Gasteiger partial charge in [0.25, 0.3) is 11.8 Å². The molecule has 30 heavy (non-hydrogen) atoms. The second kappa shape index (κ2) is 7.97. The van der Waals surface area contributed by atoms with E-state index in [1.807, 2.05) is 49.6 Å². The van der Waals surface area contributed by atoms with E-state index in [1.165, 1.54) is 16.2 Å². The summed E-state index contributed by atoms with van der Waals surface area (Å²) in [6.45, 7) is 3.79. The molecule has 0 radical (unpaired) electrons. The molecule has 4 rings (SSSR count). The number of hydrogen-bond acceptors (Lipinski definition) is 5. The molecule has 1 N–H and O–H groups in total. The summed E-state index contributed by atoms with van der Waals surface area (Å²) in [6.07, 6.45) is 0. The van der Waals surface area contributed by atoms with Gasteiger partial charge in [-0.2, -0.15) is 0 Å². The molecule has 1 aromatic heterocycles. The standard InChI is InChI=1S/C23H19ClN2O3S/c1-13-6-9-18(29-3)16(11-13)25-21-20(19-5-4-10-30-19)22(27)26(23(21)28)17-12-15(24)8-7-14(17)2/h4-12,25H,1-3H3. The van der Waals surface area contributed by atoms with Crippen molar-refractivity contribution in [3.8, 4) is 5.75 Å². The lowest BCUT2D eigenvalue weighted by molar-refractivity contribution is -0.120. The maximum atomic E-state index is 13.5. The van der Waals surface area contributed by atoms with Crippen LogP contribution >= 0.6 is 22.9 Å². The number of amides is 2. The molecular weight excluding hydrogens is 420 g/mol. The molecule has 0 spiro atoms. The number of thiophene rings is 1. The molecule has 7 heteroatoms. The number of anilines is 2. The van der Waals surface area contributed by atoms with Crippen molar-refractivity contribution < 1.29 is 14.3 Å². The minimum atomic E-state index is -0.433. The summed E-state index contributed by atoms with van der Waals surface area (Å²) < 4.78 is 5.44. The van der Waals surface area contributed by atoms with Crippen LogP contribution in [0.4, 0.5) is 11.4 Å². The van der Waals surface area contributed by atoms with Gasteiger partial charge in [-0.25, -0.2) is 4.90 Å². The van der Waals surface area contributed by atoms with Gasteiger partial charge >= 0.3 is 0 Å². The quantitative estimate of drug-likeness (QED) is 0.540. The molecule has 0 bridgehead atoms. The first-order chi connectivity index (χ1) is 14.4. The Balaban J connectivity index is 1.85. The van der Waals surface area contributed by atoms with Crippen LogP contribution in [0.5, 0.6) is 5.75 Å². The highest BCUT2D eigenvalue weighted by Gasteiger charge is 2.41. The van der Waals surface area contributed by atoms with Crippen LogP contribution in [-0.2, 0) is 9.59 Å². The van der Waals surface area contributed by atoms with Crippen LogP contribution in [0.1, 0.15) is 16.0 Å². The maximum Gasteiger partial charge on any atom is 0.282 e. The third kappa shape index (κ3) is 3.49. The molecule has 5 nitrogen and oxygen atoms in total. The molecule has 0 saturated heterocycles. The number of halogens is 1. The van der Waals surface area contributed by atoms with Crippen LogP contribution in [0.15, 0.2) is 59.6 Å². The van der Waals surface area contributed by atoms with E-state index in [4.69, 9.17) is 16.3 Å². The molecular formula is C23H19ClN2O3S. The van der Waals surface area contributed by atoms with Gasteiger partial charge in [0, 0.05) is 9.90 Å². The molecule has 0 saturated carbocycles. The molecule has 2 amide bonds. The minimum absolute atomic E-state index is 0.214. The van der Waals surface area contributed by atoms with E-state index in [-0.39, 0.29) is 11.6 Å². The number of imide groups is 1. The van der Waals surface area contributed by atoms with Crippen molar-refractivity contribution in [2.75, 3.05) is 17.3 Å². The molecule has 1 aliphatic heterocycles. The van der Waals surface area contributed by atoms with Gasteiger partial charge in [-0.15, -0.1) is 11.3 Å². The highest BCUT2D eigenvalue weighted by Crippen LogP contribution is 2.38. The first-order valence-electron chi connectivity index (χ1n) is 9.25. The number of nitrogens with one attached hydrogen (secondary N) is 1. The fourth-order valence-corrected chi connectivity index (χ4v) is 4.33. The molecule has 0 atom stereocenters. The van der Waals surface area contributed by atoms with Gasteiger partial charge in [0.2, 0.25) is 0 Å². The van der Waals surface area contributed by atoms with Crippen LogP contribution in [0.3, 0.4) is 0 Å². The Morgan fingerprint density at radius 2 is 1.83 bits per heavy atom. The highest BCUT2D eigenvalue weighted by atomic mass is 35.5. The Hall–Kier alpha value is -3.09. The summed E-state index contributed by atoms with van der Waals surface area (Å²) in [4.78, 5) is 28.8. The van der Waals surface area contributed by atoms with Gasteiger partial charge in [0.05, 0.1) is 24.1 Å². The molecule has 2 aromatic carbocycles. The number of hydrogen-bond donors (Lipinski definition) is 1. The van der Waals surface area contributed by atoms with Crippen molar-refractivity contribution in [1.82, 2.24) is 0 Å². The fraction of sp³-hybridized carbons (Fsp3) is 0.130. The van der Waals surface area contributed by atoms with Gasteiger partial charge in [0.1, 0.15) is 11.4 Å². The van der Waals surface area contributed by atoms with Gasteiger partial charge < -0.3 is 10.1 Å². The number of ether oxygens (including phenoxy) is 1. The second-order valence-corrected chi connectivity index (χ2v) is 8.32. The second-order valence-electron chi connectivity index (χ2n) is 6.93. The van der Waals surface area contributed by atoms with Crippen molar-refractivity contribution in [2.24, 2.45) is 0 Å². The molecule has 3 aromatic rings. The van der Waals surface area contributed by atoms with Crippen molar-refractivity contribution in [3.05, 3.63) is 80.6 Å². The highest BCUT2D eigenvalue weighted by molar-refractivity contribution is 7.11. The Kier molecular flexibility index (Phi) is 5.37. The summed E-state index contributed by atoms with van der Waals surface area (Å²) in [5, 5.41) is 5.50. The predicted molar refractivity (Wildman–Crippen MR) is 121 cm³/mol. The van der Waals surface area contributed by atoms with Gasteiger partial charge in [-0.05, 0) is 60.7 Å². The van der Waals surface area contributed by atoms with Crippen molar-refractivity contribution in [1.29, 1.82) is 0 Å². The van der Waals surface area contributed by atoms with E-state index in [1.54, 1.807) is 25.3 Å². The topological polar surface area (TPSA) is 58.6 Å². The number of rotatable bonds is 5. The maximum absolute atomic E-state index is 13.5. The van der Waals surface area contributed by atoms with Crippen molar-refractivity contribution in [2.45, 2.75) is 13.8 Å². The zero-order valence-corrected chi connectivity index (χ0v) is 18.2. The molecule has 2 heterocycles. The third-order valence-electron chi connectivity index (χ3n) is 4.88. The van der Waals surface area contributed by atoms with Crippen LogP contribution in [0.25, 0.3) is 5.57 Å². The van der Waals surface area contributed by atoms with E-state index >= 15 is 0 Å². The number of benzene rings is 2.